The van der Waals surface area contributed by atoms with Crippen LogP contribution in [0.15, 0.2) is 59.6 Å². The maximum Gasteiger partial charge on any atom is 0.266 e. The monoisotopic (exact) mass is 411 g/mol. The second-order valence-corrected chi connectivity index (χ2v) is 7.99. The van der Waals surface area contributed by atoms with Crippen molar-refractivity contribution in [2.24, 2.45) is 0 Å². The molecule has 5 nitrogen and oxygen atoms in total. The zero-order valence-electron chi connectivity index (χ0n) is 15.3. The maximum atomic E-state index is 12.6. The molecule has 144 valence electrons. The molecule has 1 aliphatic rings. The summed E-state index contributed by atoms with van der Waals surface area (Å²) < 4.78 is 0.597. The Hall–Kier alpha value is -2.51. The Labute approximate surface area is 174 Å². The minimum absolute atomic E-state index is 0.0354. The van der Waals surface area contributed by atoms with Crippen LogP contribution in [-0.2, 0) is 9.59 Å². The van der Waals surface area contributed by atoms with E-state index in [1.165, 1.54) is 11.8 Å². The molecule has 1 saturated heterocycles. The quantitative estimate of drug-likeness (QED) is 0.394. The Morgan fingerprint density at radius 2 is 1.89 bits per heavy atom. The number of nitrogens with zero attached hydrogens (tertiary/aromatic N) is 2. The van der Waals surface area contributed by atoms with Crippen LogP contribution >= 0.6 is 24.0 Å². The Morgan fingerprint density at radius 3 is 2.64 bits per heavy atom. The number of thiocarbonyl (C=S) groups is 1. The van der Waals surface area contributed by atoms with E-state index >= 15 is 0 Å². The molecule has 2 aromatic rings. The van der Waals surface area contributed by atoms with Crippen molar-refractivity contribution in [1.82, 2.24) is 9.88 Å². The van der Waals surface area contributed by atoms with Crippen molar-refractivity contribution in [2.45, 2.75) is 25.7 Å². The molecule has 1 fully saturated rings. The third-order valence-electron chi connectivity index (χ3n) is 4.19. The molecule has 2 amide bonds. The first-order valence-electron chi connectivity index (χ1n) is 9.15. The van der Waals surface area contributed by atoms with Gasteiger partial charge >= 0.3 is 0 Å². The number of amides is 2. The van der Waals surface area contributed by atoms with E-state index in [2.05, 4.69) is 10.3 Å². The van der Waals surface area contributed by atoms with E-state index in [-0.39, 0.29) is 11.8 Å². The Balaban J connectivity index is 1.40. The number of pyridine rings is 1. The first-order valence-corrected chi connectivity index (χ1v) is 10.4. The molecule has 0 spiro atoms. The summed E-state index contributed by atoms with van der Waals surface area (Å²) in [6.07, 6.45) is 6.37. The smallest absolute Gasteiger partial charge is 0.266 e. The lowest BCUT2D eigenvalue weighted by Crippen LogP contribution is -2.29. The molecule has 1 aliphatic heterocycles. The fourth-order valence-electron chi connectivity index (χ4n) is 2.77. The predicted molar refractivity (Wildman–Crippen MR) is 118 cm³/mol. The van der Waals surface area contributed by atoms with E-state index in [1.807, 2.05) is 42.5 Å². The number of aromatic nitrogens is 1. The summed E-state index contributed by atoms with van der Waals surface area (Å²) in [4.78, 5) is 30.9. The number of unbranched alkanes of at least 4 members (excludes halogenated alkanes) is 2. The summed E-state index contributed by atoms with van der Waals surface area (Å²) in [5, 5.41) is 2.77. The molecule has 0 atom stereocenters. The second-order valence-electron chi connectivity index (χ2n) is 6.32. The Bertz CT molecular complexity index is 870. The second kappa shape index (κ2) is 10.1. The van der Waals surface area contributed by atoms with Crippen molar-refractivity contribution in [3.63, 3.8) is 0 Å². The van der Waals surface area contributed by atoms with Gasteiger partial charge in [-0.1, -0.05) is 66.8 Å². The fourth-order valence-corrected chi connectivity index (χ4v) is 4.08. The van der Waals surface area contributed by atoms with E-state index in [1.54, 1.807) is 23.2 Å². The van der Waals surface area contributed by atoms with Gasteiger partial charge in [0, 0.05) is 19.2 Å². The third kappa shape index (κ3) is 5.74. The van der Waals surface area contributed by atoms with Crippen molar-refractivity contribution in [1.29, 1.82) is 0 Å². The lowest BCUT2D eigenvalue weighted by Gasteiger charge is -2.14. The number of nitrogens with one attached hydrogen (secondary N) is 1. The van der Waals surface area contributed by atoms with Crippen LogP contribution in [0.2, 0.25) is 0 Å². The molecule has 1 aromatic heterocycles. The van der Waals surface area contributed by atoms with Crippen LogP contribution in [0.5, 0.6) is 0 Å². The number of hydrogen-bond donors (Lipinski definition) is 1. The van der Waals surface area contributed by atoms with Crippen molar-refractivity contribution in [3.05, 3.63) is 65.2 Å². The topological polar surface area (TPSA) is 62.3 Å². The van der Waals surface area contributed by atoms with Crippen LogP contribution in [-0.4, -0.2) is 32.6 Å². The molecule has 1 N–H and O–H groups in total. The Kier molecular flexibility index (Phi) is 7.33. The molecule has 7 heteroatoms. The molecule has 2 heterocycles. The number of carbonyl (C=O) groups excluding carboxylic acids is 2. The van der Waals surface area contributed by atoms with Crippen molar-refractivity contribution in [3.8, 4) is 0 Å². The van der Waals surface area contributed by atoms with Crippen LogP contribution in [0, 0.1) is 0 Å². The summed E-state index contributed by atoms with van der Waals surface area (Å²) >= 11 is 6.70. The summed E-state index contributed by atoms with van der Waals surface area (Å²) in [6.45, 7) is 0.582. The Morgan fingerprint density at radius 1 is 1.11 bits per heavy atom. The van der Waals surface area contributed by atoms with Gasteiger partial charge in [0.2, 0.25) is 5.91 Å². The minimum atomic E-state index is -0.0462. The molecule has 0 saturated carbocycles. The van der Waals surface area contributed by atoms with Crippen LogP contribution in [0.25, 0.3) is 6.08 Å². The first-order chi connectivity index (χ1) is 13.6. The molecule has 0 unspecified atom stereocenters. The number of benzene rings is 1. The van der Waals surface area contributed by atoms with Gasteiger partial charge in [0.25, 0.3) is 5.91 Å². The highest BCUT2D eigenvalue weighted by atomic mass is 32.2. The zero-order valence-corrected chi connectivity index (χ0v) is 17.0. The molecular weight excluding hydrogens is 390 g/mol. The lowest BCUT2D eigenvalue weighted by atomic mass is 10.1. The predicted octanol–water partition coefficient (Wildman–Crippen LogP) is 4.48. The molecule has 28 heavy (non-hydrogen) atoms. The number of anilines is 1. The zero-order chi connectivity index (χ0) is 19.8. The average Bonchev–Trinajstić information content (AvgIpc) is 2.96. The van der Waals surface area contributed by atoms with Crippen molar-refractivity contribution < 1.29 is 9.59 Å². The van der Waals surface area contributed by atoms with Crippen molar-refractivity contribution in [2.75, 3.05) is 11.9 Å². The summed E-state index contributed by atoms with van der Waals surface area (Å²) in [7, 11) is 0. The van der Waals surface area contributed by atoms with Crippen LogP contribution in [0.4, 0.5) is 5.82 Å². The molecule has 3 rings (SSSR count). The highest BCUT2D eigenvalue weighted by Crippen LogP contribution is 2.32. The largest absolute Gasteiger partial charge is 0.311 e. The summed E-state index contributed by atoms with van der Waals surface area (Å²) in [5.74, 6) is 0.483. The SMILES string of the molecule is O=C(CCCCCN1C(=O)C(=Cc2ccccc2)SC1=S)Nc1ccccn1. The van der Waals surface area contributed by atoms with Gasteiger partial charge in [0.1, 0.15) is 10.1 Å². The number of carbonyl (C=O) groups is 2. The van der Waals surface area contributed by atoms with Gasteiger partial charge in [0.05, 0.1) is 4.91 Å². The van der Waals surface area contributed by atoms with Gasteiger partial charge in [-0.2, -0.15) is 0 Å². The number of hydrogen-bond acceptors (Lipinski definition) is 5. The summed E-state index contributed by atoms with van der Waals surface area (Å²) in [5.41, 5.74) is 0.988. The molecule has 1 aromatic carbocycles. The molecule has 0 bridgehead atoms. The van der Waals surface area contributed by atoms with E-state index in [0.29, 0.717) is 28.0 Å². The van der Waals surface area contributed by atoms with E-state index < -0.39 is 0 Å². The maximum absolute atomic E-state index is 12.6. The van der Waals surface area contributed by atoms with E-state index in [4.69, 9.17) is 12.2 Å². The van der Waals surface area contributed by atoms with Gasteiger partial charge in [0.15, 0.2) is 0 Å². The highest BCUT2D eigenvalue weighted by Gasteiger charge is 2.31. The molecular formula is C21H21N3O2S2. The average molecular weight is 412 g/mol. The molecule has 0 aliphatic carbocycles. The van der Waals surface area contributed by atoms with Gasteiger partial charge < -0.3 is 5.32 Å². The van der Waals surface area contributed by atoms with Crippen LogP contribution in [0.3, 0.4) is 0 Å². The van der Waals surface area contributed by atoms with Crippen LogP contribution < -0.4 is 5.32 Å². The summed E-state index contributed by atoms with van der Waals surface area (Å²) in [6, 6.07) is 15.1. The highest BCUT2D eigenvalue weighted by molar-refractivity contribution is 8.26. The fraction of sp³-hybridized carbons (Fsp3) is 0.238. The first kappa shape index (κ1) is 20.2. The normalized spacial score (nSPS) is 15.3. The van der Waals surface area contributed by atoms with Gasteiger partial charge in [-0.3, -0.25) is 14.5 Å². The van der Waals surface area contributed by atoms with Crippen molar-refractivity contribution >= 4 is 52.0 Å². The van der Waals surface area contributed by atoms with E-state index in [0.717, 1.165) is 24.8 Å². The van der Waals surface area contributed by atoms with Gasteiger partial charge in [-0.15, -0.1) is 0 Å². The van der Waals surface area contributed by atoms with Gasteiger partial charge in [-0.25, -0.2) is 4.98 Å². The third-order valence-corrected chi connectivity index (χ3v) is 5.57. The van der Waals surface area contributed by atoms with E-state index in [9.17, 15) is 9.59 Å². The van der Waals surface area contributed by atoms with Gasteiger partial charge in [-0.05, 0) is 36.6 Å². The van der Waals surface area contributed by atoms with Crippen LogP contribution in [0.1, 0.15) is 31.2 Å². The molecule has 0 radical (unpaired) electrons. The number of rotatable bonds is 8. The lowest BCUT2D eigenvalue weighted by molar-refractivity contribution is -0.122. The standard InChI is InChI=1S/C21H21N3O2S2/c25-19(23-18-11-6-7-13-22-18)12-5-2-8-14-24-20(26)17(28-21(24)27)15-16-9-3-1-4-10-16/h1,3-4,6-7,9-11,13,15H,2,5,8,12,14H2,(H,22,23,25). The minimum Gasteiger partial charge on any atom is -0.311 e. The number of thioether (sulfide) groups is 1.